The Hall–Kier alpha value is -3.45. The second-order valence-corrected chi connectivity index (χ2v) is 6.00. The molecule has 136 valence electrons. The first-order valence-electron chi connectivity index (χ1n) is 7.86. The maximum atomic E-state index is 12.5. The summed E-state index contributed by atoms with van der Waals surface area (Å²) in [5, 5.41) is 2.99. The van der Waals surface area contributed by atoms with E-state index in [1.807, 2.05) is 5.32 Å². The zero-order chi connectivity index (χ0) is 19.4. The molecule has 3 aromatic rings. The summed E-state index contributed by atoms with van der Waals surface area (Å²) in [5.41, 5.74) is 7.02. The van der Waals surface area contributed by atoms with Gasteiger partial charge in [0.1, 0.15) is 0 Å². The molecule has 0 unspecified atom stereocenters. The third-order valence-corrected chi connectivity index (χ3v) is 3.93. The number of para-hydroxylation sites is 1. The molecule has 1 heterocycles. The molecule has 2 aromatic carbocycles. The molecule has 0 aliphatic carbocycles. The lowest BCUT2D eigenvalue weighted by atomic mass is 10.0. The second-order valence-electron chi connectivity index (χ2n) is 5.57. The van der Waals surface area contributed by atoms with E-state index in [0.29, 0.717) is 21.6 Å². The number of nitrogens with zero attached hydrogens (tertiary/aromatic N) is 1. The van der Waals surface area contributed by atoms with E-state index in [4.69, 9.17) is 22.1 Å². The van der Waals surface area contributed by atoms with Crippen molar-refractivity contribution in [1.82, 2.24) is 10.3 Å². The summed E-state index contributed by atoms with van der Waals surface area (Å²) >= 11 is 5.92. The number of aromatic nitrogens is 1. The van der Waals surface area contributed by atoms with Gasteiger partial charge >= 0.3 is 12.0 Å². The summed E-state index contributed by atoms with van der Waals surface area (Å²) in [6.45, 7) is -0.630. The van der Waals surface area contributed by atoms with Crippen LogP contribution in [0.2, 0.25) is 5.02 Å². The number of halogens is 1. The number of nitrogens with two attached hydrogens (primary N) is 1. The van der Waals surface area contributed by atoms with Crippen LogP contribution >= 0.6 is 11.6 Å². The van der Waals surface area contributed by atoms with E-state index in [1.165, 1.54) is 0 Å². The highest BCUT2D eigenvalue weighted by Gasteiger charge is 2.17. The minimum atomic E-state index is -1.02. The van der Waals surface area contributed by atoms with Crippen LogP contribution in [0.4, 0.5) is 4.79 Å². The number of nitrogens with one attached hydrogen (secondary N) is 1. The van der Waals surface area contributed by atoms with Crippen molar-refractivity contribution >= 4 is 40.4 Å². The summed E-state index contributed by atoms with van der Waals surface area (Å²) in [4.78, 5) is 39.2. The summed E-state index contributed by atoms with van der Waals surface area (Å²) in [6, 6.07) is 14.7. The topological polar surface area (TPSA) is 111 Å². The lowest BCUT2D eigenvalue weighted by Crippen LogP contribution is -2.37. The second kappa shape index (κ2) is 7.84. The molecule has 0 spiro atoms. The van der Waals surface area contributed by atoms with Gasteiger partial charge < -0.3 is 10.5 Å². The van der Waals surface area contributed by atoms with E-state index in [0.717, 1.165) is 5.56 Å². The Morgan fingerprint density at radius 3 is 2.48 bits per heavy atom. The predicted octanol–water partition coefficient (Wildman–Crippen LogP) is 2.91. The molecule has 3 amide bonds. The summed E-state index contributed by atoms with van der Waals surface area (Å²) in [7, 11) is 0. The molecule has 0 bridgehead atoms. The van der Waals surface area contributed by atoms with Crippen molar-refractivity contribution in [2.75, 3.05) is 6.61 Å². The number of ether oxygens (including phenoxy) is 1. The van der Waals surface area contributed by atoms with Crippen LogP contribution in [-0.4, -0.2) is 29.5 Å². The SMILES string of the molecule is NC(=O)NC(=O)COC(=O)c1cc(-c2ccc(Cl)cc2)nc2ccccc12. The molecule has 0 saturated heterocycles. The fraction of sp³-hybridized carbons (Fsp3) is 0.0526. The van der Waals surface area contributed by atoms with Crippen molar-refractivity contribution in [3.8, 4) is 11.3 Å². The van der Waals surface area contributed by atoms with E-state index in [-0.39, 0.29) is 5.56 Å². The highest BCUT2D eigenvalue weighted by Crippen LogP contribution is 2.26. The lowest BCUT2D eigenvalue weighted by molar-refractivity contribution is -0.123. The van der Waals surface area contributed by atoms with E-state index < -0.39 is 24.5 Å². The van der Waals surface area contributed by atoms with E-state index in [2.05, 4.69) is 4.98 Å². The van der Waals surface area contributed by atoms with Crippen LogP contribution in [-0.2, 0) is 9.53 Å². The Morgan fingerprint density at radius 2 is 1.78 bits per heavy atom. The van der Waals surface area contributed by atoms with Gasteiger partial charge in [-0.3, -0.25) is 10.1 Å². The number of fused-ring (bicyclic) bond motifs is 1. The smallest absolute Gasteiger partial charge is 0.339 e. The number of amides is 3. The van der Waals surface area contributed by atoms with E-state index in [1.54, 1.807) is 54.6 Å². The number of urea groups is 1. The number of benzene rings is 2. The van der Waals surface area contributed by atoms with E-state index >= 15 is 0 Å². The van der Waals surface area contributed by atoms with Crippen molar-refractivity contribution in [3.63, 3.8) is 0 Å². The molecule has 0 aliphatic rings. The van der Waals surface area contributed by atoms with Crippen LogP contribution in [0.25, 0.3) is 22.2 Å². The number of hydrogen-bond donors (Lipinski definition) is 2. The number of rotatable bonds is 4. The molecule has 3 rings (SSSR count). The van der Waals surface area contributed by atoms with Crippen LogP contribution in [0, 0.1) is 0 Å². The maximum Gasteiger partial charge on any atom is 0.339 e. The zero-order valence-corrected chi connectivity index (χ0v) is 14.7. The Bertz CT molecular complexity index is 1030. The third-order valence-electron chi connectivity index (χ3n) is 3.67. The van der Waals surface area contributed by atoms with Crippen LogP contribution < -0.4 is 11.1 Å². The largest absolute Gasteiger partial charge is 0.452 e. The Labute approximate surface area is 159 Å². The molecule has 0 aliphatic heterocycles. The first kappa shape index (κ1) is 18.3. The van der Waals surface area contributed by atoms with Gasteiger partial charge in [0.2, 0.25) is 0 Å². The number of carbonyl (C=O) groups is 3. The van der Waals surface area contributed by atoms with Crippen molar-refractivity contribution in [3.05, 3.63) is 65.2 Å². The highest BCUT2D eigenvalue weighted by molar-refractivity contribution is 6.30. The Kier molecular flexibility index (Phi) is 5.33. The summed E-state index contributed by atoms with van der Waals surface area (Å²) in [5.74, 6) is -1.53. The average molecular weight is 384 g/mol. The molecule has 0 fully saturated rings. The number of pyridine rings is 1. The van der Waals surface area contributed by atoms with Crippen LogP contribution in [0.1, 0.15) is 10.4 Å². The predicted molar refractivity (Wildman–Crippen MR) is 100 cm³/mol. The molecule has 1 aromatic heterocycles. The van der Waals surface area contributed by atoms with Crippen molar-refractivity contribution in [1.29, 1.82) is 0 Å². The highest BCUT2D eigenvalue weighted by atomic mass is 35.5. The molecular formula is C19H14ClN3O4. The molecule has 0 atom stereocenters. The van der Waals surface area contributed by atoms with Crippen LogP contribution in [0.15, 0.2) is 54.6 Å². The van der Waals surface area contributed by atoms with Gasteiger partial charge in [0.25, 0.3) is 5.91 Å². The standard InChI is InChI=1S/C19H14ClN3O4/c20-12-7-5-11(6-8-12)16-9-14(13-3-1-2-4-15(13)22-16)18(25)27-10-17(24)23-19(21)26/h1-9H,10H2,(H3,21,23,24,26). The van der Waals surface area contributed by atoms with Gasteiger partial charge in [-0.25, -0.2) is 14.6 Å². The normalized spacial score (nSPS) is 10.4. The first-order valence-corrected chi connectivity index (χ1v) is 8.24. The number of hydrogen-bond acceptors (Lipinski definition) is 5. The molecule has 8 heteroatoms. The lowest BCUT2D eigenvalue weighted by Gasteiger charge is -2.10. The fourth-order valence-electron chi connectivity index (χ4n) is 2.50. The number of primary amides is 1. The quantitative estimate of drug-likeness (QED) is 0.673. The average Bonchev–Trinajstić information content (AvgIpc) is 2.65. The Balaban J connectivity index is 1.95. The minimum Gasteiger partial charge on any atom is -0.452 e. The molecule has 27 heavy (non-hydrogen) atoms. The maximum absolute atomic E-state index is 12.5. The van der Waals surface area contributed by atoms with E-state index in [9.17, 15) is 14.4 Å². The number of carbonyl (C=O) groups excluding carboxylic acids is 3. The summed E-state index contributed by atoms with van der Waals surface area (Å²) in [6.07, 6.45) is 0. The van der Waals surface area contributed by atoms with Gasteiger partial charge in [0.05, 0.1) is 16.8 Å². The fourth-order valence-corrected chi connectivity index (χ4v) is 2.62. The van der Waals surface area contributed by atoms with Crippen molar-refractivity contribution in [2.45, 2.75) is 0 Å². The van der Waals surface area contributed by atoms with Crippen molar-refractivity contribution < 1.29 is 19.1 Å². The Morgan fingerprint density at radius 1 is 1.07 bits per heavy atom. The first-order chi connectivity index (χ1) is 12.9. The number of imide groups is 1. The molecule has 3 N–H and O–H groups in total. The molecule has 0 radical (unpaired) electrons. The molecular weight excluding hydrogens is 370 g/mol. The monoisotopic (exact) mass is 383 g/mol. The molecule has 0 saturated carbocycles. The van der Waals surface area contributed by atoms with Gasteiger partial charge in [-0.2, -0.15) is 0 Å². The van der Waals surface area contributed by atoms with Gasteiger partial charge in [-0.1, -0.05) is 41.9 Å². The summed E-state index contributed by atoms with van der Waals surface area (Å²) < 4.78 is 5.00. The molecule has 7 nitrogen and oxygen atoms in total. The van der Waals surface area contributed by atoms with Crippen LogP contribution in [0.3, 0.4) is 0 Å². The third kappa shape index (κ3) is 4.39. The van der Waals surface area contributed by atoms with Gasteiger partial charge in [-0.15, -0.1) is 0 Å². The van der Waals surface area contributed by atoms with Gasteiger partial charge in [-0.05, 0) is 24.3 Å². The zero-order valence-electron chi connectivity index (χ0n) is 13.9. The van der Waals surface area contributed by atoms with Crippen molar-refractivity contribution in [2.24, 2.45) is 5.73 Å². The minimum absolute atomic E-state index is 0.248. The van der Waals surface area contributed by atoms with Gasteiger partial charge in [0.15, 0.2) is 6.61 Å². The van der Waals surface area contributed by atoms with Gasteiger partial charge in [0, 0.05) is 16.0 Å². The number of esters is 1. The van der Waals surface area contributed by atoms with Crippen LogP contribution in [0.5, 0.6) is 0 Å².